The van der Waals surface area contributed by atoms with Crippen molar-refractivity contribution in [3.8, 4) is 0 Å². The molecule has 1 heterocycles. The van der Waals surface area contributed by atoms with Gasteiger partial charge in [-0.2, -0.15) is 0 Å². The summed E-state index contributed by atoms with van der Waals surface area (Å²) in [7, 11) is 0. The second-order valence-corrected chi connectivity index (χ2v) is 8.28. The molecule has 0 unspecified atom stereocenters. The van der Waals surface area contributed by atoms with Crippen LogP contribution in [-0.2, 0) is 25.7 Å². The molecule has 3 rings (SSSR count). The van der Waals surface area contributed by atoms with Crippen molar-refractivity contribution in [1.29, 1.82) is 0 Å². The first-order valence-electron chi connectivity index (χ1n) is 11.8. The minimum atomic E-state index is 0. The van der Waals surface area contributed by atoms with E-state index in [1.165, 1.54) is 33.4 Å². The molecule has 3 aromatic rings. The molecule has 0 fully saturated rings. The molecule has 0 bridgehead atoms. The number of aryl methyl sites for hydroxylation is 6. The van der Waals surface area contributed by atoms with Crippen molar-refractivity contribution in [1.82, 2.24) is 4.98 Å². The number of benzene rings is 2. The zero-order valence-electron chi connectivity index (χ0n) is 22.0. The van der Waals surface area contributed by atoms with E-state index in [1.807, 2.05) is 30.6 Å². The average Bonchev–Trinajstić information content (AvgIpc) is 2.81. The molecule has 0 saturated heterocycles. The fourth-order valence-corrected chi connectivity index (χ4v) is 4.15. The van der Waals surface area contributed by atoms with Crippen LogP contribution in [0.25, 0.3) is 0 Å². The summed E-state index contributed by atoms with van der Waals surface area (Å²) in [6, 6.07) is 14.9. The Bertz CT molecular complexity index is 1020. The minimum absolute atomic E-state index is 0. The summed E-state index contributed by atoms with van der Waals surface area (Å²) < 4.78 is 0. The van der Waals surface area contributed by atoms with E-state index in [9.17, 15) is 0 Å². The summed E-state index contributed by atoms with van der Waals surface area (Å²) in [5.74, 6) is 0. The van der Waals surface area contributed by atoms with E-state index in [-0.39, 0.29) is 78.1 Å². The third kappa shape index (κ3) is 9.79. The van der Waals surface area contributed by atoms with Crippen LogP contribution in [0.3, 0.4) is 0 Å². The second-order valence-electron chi connectivity index (χ2n) is 8.28. The van der Waals surface area contributed by atoms with Gasteiger partial charge in [-0.25, -0.2) is 4.98 Å². The Morgan fingerprint density at radius 1 is 0.611 bits per heavy atom. The molecule has 0 spiro atoms. The van der Waals surface area contributed by atoms with Gasteiger partial charge in [0, 0.05) is 0 Å². The topological polar surface area (TPSA) is 37.6 Å². The third-order valence-electron chi connectivity index (χ3n) is 5.79. The Morgan fingerprint density at radius 2 is 0.917 bits per heavy atom. The number of rotatable bonds is 8. The molecule has 0 aliphatic carbocycles. The van der Waals surface area contributed by atoms with Gasteiger partial charge in [-0.15, -0.1) is 0 Å². The van der Waals surface area contributed by atoms with Crippen molar-refractivity contribution in [2.75, 3.05) is 0 Å². The predicted octanol–water partition coefficient (Wildman–Crippen LogP) is -1.54. The van der Waals surface area contributed by atoms with Crippen molar-refractivity contribution >= 4 is 23.8 Å². The molecule has 0 atom stereocenters. The van der Waals surface area contributed by atoms with Gasteiger partial charge in [-0.1, -0.05) is 69.2 Å². The third-order valence-corrected chi connectivity index (χ3v) is 5.79. The number of nitrogens with zero attached hydrogens (tertiary/aromatic N) is 3. The van der Waals surface area contributed by atoms with Gasteiger partial charge in [0.1, 0.15) is 0 Å². The molecule has 1 radical (unpaired) electrons. The summed E-state index contributed by atoms with van der Waals surface area (Å²) in [5.41, 5.74) is 11.6. The molecule has 0 aliphatic rings. The standard InChI is InChI=1S/C29H35N3.3ClH.Nd/c1-7-22-14-20(5)15-23(8-2)28(22)30-18-26-12-11-13-27(32-26)19-31-29-24(9-3)16-21(6)17-25(29)10-4;;;;/h11-19H,7-10H2,1-6H3;3*1H;/q;;;;+3/p-3. The molecule has 3 nitrogen and oxygen atoms in total. The molecule has 36 heavy (non-hydrogen) atoms. The molecule has 0 saturated carbocycles. The van der Waals surface area contributed by atoms with Gasteiger partial charge in [0.05, 0.1) is 35.2 Å². The van der Waals surface area contributed by atoms with Crippen LogP contribution in [-0.4, -0.2) is 17.4 Å². The Morgan fingerprint density at radius 3 is 1.19 bits per heavy atom. The molecular formula is C29H35Cl3N3Nd. The van der Waals surface area contributed by atoms with Crippen LogP contribution in [0.2, 0.25) is 0 Å². The van der Waals surface area contributed by atoms with Gasteiger partial charge in [0.15, 0.2) is 0 Å². The van der Waals surface area contributed by atoms with Crippen molar-refractivity contribution in [3.63, 3.8) is 0 Å². The minimum Gasteiger partial charge on any atom is -1.00 e. The van der Waals surface area contributed by atoms with Crippen molar-refractivity contribution in [2.45, 2.75) is 67.2 Å². The zero-order chi connectivity index (χ0) is 23.1. The Hall–Kier alpha value is -0.849. The van der Waals surface area contributed by atoms with Gasteiger partial charge in [0.2, 0.25) is 0 Å². The molecule has 0 aliphatic heterocycles. The first kappa shape index (κ1) is 37.3. The molecule has 0 N–H and O–H groups in total. The first-order chi connectivity index (χ1) is 15.5. The average molecular weight is 676 g/mol. The van der Waals surface area contributed by atoms with E-state index in [0.29, 0.717) is 0 Å². The summed E-state index contributed by atoms with van der Waals surface area (Å²) in [6.45, 7) is 13.0. The maximum absolute atomic E-state index is 4.85. The Balaban J connectivity index is 0. The second kappa shape index (κ2) is 18.4. The summed E-state index contributed by atoms with van der Waals surface area (Å²) in [4.78, 5) is 14.5. The van der Waals surface area contributed by atoms with Crippen LogP contribution >= 0.6 is 0 Å². The number of aliphatic imine (C=N–C) groups is 2. The normalized spacial score (nSPS) is 10.4. The number of aromatic nitrogens is 1. The van der Waals surface area contributed by atoms with Crippen LogP contribution in [0, 0.1) is 54.7 Å². The van der Waals surface area contributed by atoms with E-state index in [4.69, 9.17) is 15.0 Å². The van der Waals surface area contributed by atoms with E-state index in [2.05, 4.69) is 65.8 Å². The number of pyridine rings is 1. The smallest absolute Gasteiger partial charge is 1.00 e. The molecule has 191 valence electrons. The summed E-state index contributed by atoms with van der Waals surface area (Å²) >= 11 is 0. The molecule has 1 aromatic heterocycles. The van der Waals surface area contributed by atoms with E-state index < -0.39 is 0 Å². The fraction of sp³-hybridized carbons (Fsp3) is 0.345. The first-order valence-corrected chi connectivity index (χ1v) is 11.8. The van der Waals surface area contributed by atoms with E-state index in [1.54, 1.807) is 0 Å². The monoisotopic (exact) mass is 672 g/mol. The predicted molar refractivity (Wildman–Crippen MR) is 139 cm³/mol. The van der Waals surface area contributed by atoms with E-state index in [0.717, 1.165) is 48.4 Å². The van der Waals surface area contributed by atoms with Crippen molar-refractivity contribution in [3.05, 3.63) is 87.2 Å². The van der Waals surface area contributed by atoms with Crippen molar-refractivity contribution < 1.29 is 78.1 Å². The zero-order valence-corrected chi connectivity index (χ0v) is 27.5. The van der Waals surface area contributed by atoms with Gasteiger partial charge in [0.25, 0.3) is 0 Å². The largest absolute Gasteiger partial charge is 3.00 e. The van der Waals surface area contributed by atoms with Gasteiger partial charge in [-0.3, -0.25) is 9.98 Å². The SMILES string of the molecule is CCc1cc(C)cc(CC)c1N=Cc1cccc(C=Nc2c(CC)cc(C)cc2CC)n1.[Cl-].[Cl-].[Cl-].[Nd+3]. The van der Waals surface area contributed by atoms with Gasteiger partial charge in [-0.05, 0) is 73.9 Å². The quantitative estimate of drug-likeness (QED) is 0.267. The van der Waals surface area contributed by atoms with Crippen LogP contribution in [0.1, 0.15) is 72.5 Å². The van der Waals surface area contributed by atoms with Crippen molar-refractivity contribution in [2.24, 2.45) is 9.98 Å². The molecule has 0 amide bonds. The molecular weight excluding hydrogens is 641 g/mol. The van der Waals surface area contributed by atoms with Gasteiger partial charge >= 0.3 is 40.8 Å². The number of halogens is 3. The maximum atomic E-state index is 4.85. The van der Waals surface area contributed by atoms with Gasteiger partial charge < -0.3 is 37.2 Å². The van der Waals surface area contributed by atoms with Crippen LogP contribution in [0.15, 0.2) is 52.4 Å². The van der Waals surface area contributed by atoms with Crippen LogP contribution in [0.5, 0.6) is 0 Å². The van der Waals surface area contributed by atoms with E-state index >= 15 is 0 Å². The molecule has 7 heteroatoms. The van der Waals surface area contributed by atoms with Crippen LogP contribution in [0.4, 0.5) is 11.4 Å². The fourth-order valence-electron chi connectivity index (χ4n) is 4.15. The Labute approximate surface area is 268 Å². The molecule has 2 aromatic carbocycles. The number of hydrogen-bond acceptors (Lipinski definition) is 3. The summed E-state index contributed by atoms with van der Waals surface area (Å²) in [6.07, 6.45) is 7.63. The number of hydrogen-bond donors (Lipinski definition) is 0. The summed E-state index contributed by atoms with van der Waals surface area (Å²) in [5, 5.41) is 0. The van der Waals surface area contributed by atoms with Crippen LogP contribution < -0.4 is 37.2 Å². The maximum Gasteiger partial charge on any atom is 3.00 e. The Kier molecular flexibility index (Phi) is 19.1.